The van der Waals surface area contributed by atoms with Gasteiger partial charge < -0.3 is 14.4 Å². The molecule has 1 aliphatic rings. The maximum absolute atomic E-state index is 12.4. The van der Waals surface area contributed by atoms with Crippen LogP contribution in [0, 0.1) is 0 Å². The van der Waals surface area contributed by atoms with Crippen molar-refractivity contribution >= 4 is 11.7 Å². The van der Waals surface area contributed by atoms with E-state index in [9.17, 15) is 4.79 Å². The van der Waals surface area contributed by atoms with Crippen LogP contribution in [0.5, 0.6) is 5.88 Å². The molecule has 5 nitrogen and oxygen atoms in total. The van der Waals surface area contributed by atoms with Gasteiger partial charge in [-0.3, -0.25) is 0 Å². The van der Waals surface area contributed by atoms with Crippen molar-refractivity contribution in [3.05, 3.63) is 65.9 Å². The number of rotatable bonds is 4. The van der Waals surface area contributed by atoms with Gasteiger partial charge in [0.25, 0.3) is 0 Å². The number of carbonyl (C=O) groups excluding carboxylic acids is 1. The molecule has 0 saturated carbocycles. The highest BCUT2D eigenvalue weighted by Crippen LogP contribution is 2.28. The number of pyridine rings is 1. The van der Waals surface area contributed by atoms with Crippen molar-refractivity contribution in [3.8, 4) is 5.88 Å². The van der Waals surface area contributed by atoms with Gasteiger partial charge in [-0.05, 0) is 50.5 Å². The molecule has 142 valence electrons. The van der Waals surface area contributed by atoms with E-state index in [1.54, 1.807) is 11.1 Å². The van der Waals surface area contributed by atoms with Crippen molar-refractivity contribution in [1.82, 2.24) is 9.88 Å². The van der Waals surface area contributed by atoms with Crippen molar-refractivity contribution in [2.45, 2.75) is 39.4 Å². The van der Waals surface area contributed by atoms with Crippen molar-refractivity contribution < 1.29 is 14.3 Å². The first-order valence-corrected chi connectivity index (χ1v) is 9.21. The molecule has 0 N–H and O–H groups in total. The minimum Gasteiger partial charge on any atom is -0.472 e. The van der Waals surface area contributed by atoms with Crippen molar-refractivity contribution in [2.24, 2.45) is 0 Å². The van der Waals surface area contributed by atoms with Gasteiger partial charge in [0.1, 0.15) is 12.2 Å². The molecule has 1 aliphatic heterocycles. The van der Waals surface area contributed by atoms with Gasteiger partial charge in [0, 0.05) is 24.8 Å². The molecular weight excluding hydrogens is 340 g/mol. The highest BCUT2D eigenvalue weighted by atomic mass is 16.6. The molecule has 2 aromatic rings. The third-order valence-corrected chi connectivity index (χ3v) is 4.14. The Morgan fingerprint density at radius 2 is 1.93 bits per heavy atom. The molecule has 2 heterocycles. The quantitative estimate of drug-likeness (QED) is 0.788. The Kier molecular flexibility index (Phi) is 5.79. The molecule has 27 heavy (non-hydrogen) atoms. The molecule has 0 spiro atoms. The van der Waals surface area contributed by atoms with Crippen molar-refractivity contribution in [1.29, 1.82) is 0 Å². The Balaban J connectivity index is 1.72. The third-order valence-electron chi connectivity index (χ3n) is 4.14. The second-order valence-electron chi connectivity index (χ2n) is 7.55. The van der Waals surface area contributed by atoms with Gasteiger partial charge >= 0.3 is 6.09 Å². The van der Waals surface area contributed by atoms with Crippen LogP contribution in [-0.4, -0.2) is 34.7 Å². The molecule has 5 heteroatoms. The molecule has 1 aromatic heterocycles. The van der Waals surface area contributed by atoms with E-state index in [1.807, 2.05) is 63.2 Å². The van der Waals surface area contributed by atoms with E-state index in [0.717, 1.165) is 23.1 Å². The molecule has 1 aromatic carbocycles. The van der Waals surface area contributed by atoms with E-state index in [-0.39, 0.29) is 6.09 Å². The van der Waals surface area contributed by atoms with Crippen LogP contribution in [0.15, 0.2) is 54.7 Å². The van der Waals surface area contributed by atoms with Crippen LogP contribution in [0.1, 0.15) is 38.3 Å². The smallest absolute Gasteiger partial charge is 0.410 e. The summed E-state index contributed by atoms with van der Waals surface area (Å²) in [6.45, 7) is 7.22. The number of benzene rings is 1. The number of hydrogen-bond acceptors (Lipinski definition) is 4. The summed E-state index contributed by atoms with van der Waals surface area (Å²) >= 11 is 0. The maximum atomic E-state index is 12.4. The Hall–Kier alpha value is -2.82. The Morgan fingerprint density at radius 1 is 1.15 bits per heavy atom. The summed E-state index contributed by atoms with van der Waals surface area (Å²) in [4.78, 5) is 18.5. The minimum atomic E-state index is -0.503. The zero-order chi connectivity index (χ0) is 19.3. The fourth-order valence-corrected chi connectivity index (χ4v) is 2.90. The summed E-state index contributed by atoms with van der Waals surface area (Å²) in [7, 11) is 0. The molecule has 3 rings (SSSR count). The SMILES string of the molecule is CC(C)(C)OC(=O)N1CCC=C(c2cccnc2OCc2ccccc2)C1. The van der Waals surface area contributed by atoms with E-state index >= 15 is 0 Å². The molecular formula is C22H26N2O3. The summed E-state index contributed by atoms with van der Waals surface area (Å²) in [5.41, 5.74) is 2.53. The monoisotopic (exact) mass is 366 g/mol. The molecule has 0 radical (unpaired) electrons. The highest BCUT2D eigenvalue weighted by molar-refractivity contribution is 5.77. The molecule has 1 amide bonds. The maximum Gasteiger partial charge on any atom is 0.410 e. The standard InChI is InChI=1S/C22H26N2O3/c1-22(2,3)27-21(25)24-14-8-11-18(15-24)19-12-7-13-23-20(19)26-16-17-9-5-4-6-10-17/h4-7,9-13H,8,14-16H2,1-3H3. The number of carbonyl (C=O) groups is 1. The van der Waals surface area contributed by atoms with Crippen molar-refractivity contribution in [3.63, 3.8) is 0 Å². The van der Waals surface area contributed by atoms with Gasteiger partial charge in [-0.2, -0.15) is 0 Å². The molecule has 0 bridgehead atoms. The third kappa shape index (κ3) is 5.33. The second kappa shape index (κ2) is 8.25. The van der Waals surface area contributed by atoms with E-state index in [4.69, 9.17) is 9.47 Å². The highest BCUT2D eigenvalue weighted by Gasteiger charge is 2.25. The Labute approximate surface area is 160 Å². The predicted octanol–water partition coefficient (Wildman–Crippen LogP) is 4.68. The fourth-order valence-electron chi connectivity index (χ4n) is 2.90. The zero-order valence-electron chi connectivity index (χ0n) is 16.1. The van der Waals surface area contributed by atoms with Gasteiger partial charge in [-0.1, -0.05) is 36.4 Å². The topological polar surface area (TPSA) is 51.7 Å². The first-order valence-electron chi connectivity index (χ1n) is 9.21. The average molecular weight is 366 g/mol. The lowest BCUT2D eigenvalue weighted by atomic mass is 10.0. The van der Waals surface area contributed by atoms with Gasteiger partial charge in [-0.25, -0.2) is 9.78 Å². The van der Waals surface area contributed by atoms with Crippen LogP contribution in [-0.2, 0) is 11.3 Å². The van der Waals surface area contributed by atoms with Gasteiger partial charge in [0.05, 0.1) is 0 Å². The summed E-state index contributed by atoms with van der Waals surface area (Å²) in [5.74, 6) is 0.582. The van der Waals surface area contributed by atoms with Crippen LogP contribution in [0.25, 0.3) is 5.57 Å². The number of aromatic nitrogens is 1. The van der Waals surface area contributed by atoms with E-state index < -0.39 is 5.60 Å². The Morgan fingerprint density at radius 3 is 2.67 bits per heavy atom. The number of nitrogens with zero attached hydrogens (tertiary/aromatic N) is 2. The summed E-state index contributed by atoms with van der Waals surface area (Å²) < 4.78 is 11.5. The molecule has 0 fully saturated rings. The van der Waals surface area contributed by atoms with Gasteiger partial charge in [0.15, 0.2) is 0 Å². The van der Waals surface area contributed by atoms with Crippen LogP contribution in [0.2, 0.25) is 0 Å². The Bertz CT molecular complexity index is 810. The number of amides is 1. The van der Waals surface area contributed by atoms with E-state index in [1.165, 1.54) is 0 Å². The fraction of sp³-hybridized carbons (Fsp3) is 0.364. The number of ether oxygens (including phenoxy) is 2. The average Bonchev–Trinajstić information content (AvgIpc) is 2.66. The predicted molar refractivity (Wildman–Crippen MR) is 105 cm³/mol. The van der Waals surface area contributed by atoms with Crippen LogP contribution in [0.3, 0.4) is 0 Å². The molecule has 0 saturated heterocycles. The lowest BCUT2D eigenvalue weighted by Crippen LogP contribution is -2.39. The normalized spacial score (nSPS) is 14.5. The van der Waals surface area contributed by atoms with Crippen LogP contribution < -0.4 is 4.74 Å². The second-order valence-corrected chi connectivity index (χ2v) is 7.55. The lowest BCUT2D eigenvalue weighted by molar-refractivity contribution is 0.0273. The first kappa shape index (κ1) is 19.0. The number of hydrogen-bond donors (Lipinski definition) is 0. The van der Waals surface area contributed by atoms with Crippen LogP contribution >= 0.6 is 0 Å². The zero-order valence-corrected chi connectivity index (χ0v) is 16.1. The largest absolute Gasteiger partial charge is 0.472 e. The van der Waals surface area contributed by atoms with Gasteiger partial charge in [0.2, 0.25) is 5.88 Å². The lowest BCUT2D eigenvalue weighted by Gasteiger charge is -2.30. The molecule has 0 aliphatic carbocycles. The van der Waals surface area contributed by atoms with Gasteiger partial charge in [-0.15, -0.1) is 0 Å². The summed E-state index contributed by atoms with van der Waals surface area (Å²) in [6.07, 6.45) is 4.36. The summed E-state index contributed by atoms with van der Waals surface area (Å²) in [5, 5.41) is 0. The van der Waals surface area contributed by atoms with E-state index in [0.29, 0.717) is 25.6 Å². The van der Waals surface area contributed by atoms with Crippen LogP contribution in [0.4, 0.5) is 4.79 Å². The molecule has 0 unspecified atom stereocenters. The molecule has 0 atom stereocenters. The minimum absolute atomic E-state index is 0.288. The first-order chi connectivity index (χ1) is 12.9. The van der Waals surface area contributed by atoms with Crippen molar-refractivity contribution in [2.75, 3.05) is 13.1 Å². The van der Waals surface area contributed by atoms with E-state index in [2.05, 4.69) is 11.1 Å². The summed E-state index contributed by atoms with van der Waals surface area (Å²) in [6, 6.07) is 13.9.